The molecular weight excluding hydrogens is 184 g/mol. The lowest BCUT2D eigenvalue weighted by atomic mass is 9.60. The smallest absolute Gasteiger partial charge is 0.0650 e. The number of fused-ring (bicyclic) bond motifs is 1. The first kappa shape index (κ1) is 11.2. The zero-order chi connectivity index (χ0) is 11.1. The SMILES string of the molecule is C=C(C)[C@H]1CC[C@@H]2CCC[C@](C)(O)[C@@H]2C1. The number of rotatable bonds is 1. The van der Waals surface area contributed by atoms with Crippen LogP contribution in [-0.4, -0.2) is 10.7 Å². The van der Waals surface area contributed by atoms with Crippen LogP contribution in [0.25, 0.3) is 0 Å². The van der Waals surface area contributed by atoms with Gasteiger partial charge in [-0.15, -0.1) is 0 Å². The van der Waals surface area contributed by atoms with Crippen LogP contribution in [0.1, 0.15) is 52.4 Å². The van der Waals surface area contributed by atoms with Gasteiger partial charge >= 0.3 is 0 Å². The van der Waals surface area contributed by atoms with E-state index in [1.54, 1.807) is 0 Å². The maximum absolute atomic E-state index is 10.4. The van der Waals surface area contributed by atoms with Gasteiger partial charge in [-0.3, -0.25) is 0 Å². The molecule has 2 fully saturated rings. The summed E-state index contributed by atoms with van der Waals surface area (Å²) in [5.41, 5.74) is 0.909. The van der Waals surface area contributed by atoms with Crippen LogP contribution in [0.3, 0.4) is 0 Å². The zero-order valence-corrected chi connectivity index (χ0v) is 10.1. The Hall–Kier alpha value is -0.300. The van der Waals surface area contributed by atoms with E-state index in [9.17, 15) is 5.11 Å². The Bertz CT molecular complexity index is 254. The average molecular weight is 208 g/mol. The highest BCUT2D eigenvalue weighted by Gasteiger charge is 2.43. The number of allylic oxidation sites excluding steroid dienone is 1. The lowest BCUT2D eigenvalue weighted by Crippen LogP contribution is -2.45. The van der Waals surface area contributed by atoms with E-state index in [1.165, 1.54) is 37.7 Å². The first-order valence-electron chi connectivity index (χ1n) is 6.38. The molecule has 2 aliphatic carbocycles. The van der Waals surface area contributed by atoms with Crippen LogP contribution >= 0.6 is 0 Å². The molecule has 1 heteroatoms. The maximum Gasteiger partial charge on any atom is 0.0650 e. The Morgan fingerprint density at radius 3 is 2.73 bits per heavy atom. The third kappa shape index (κ3) is 2.13. The van der Waals surface area contributed by atoms with Crippen molar-refractivity contribution < 1.29 is 5.11 Å². The molecule has 0 radical (unpaired) electrons. The second-order valence-electron chi connectivity index (χ2n) is 5.97. The van der Waals surface area contributed by atoms with Crippen LogP contribution in [0, 0.1) is 17.8 Å². The van der Waals surface area contributed by atoms with E-state index < -0.39 is 5.60 Å². The van der Waals surface area contributed by atoms with Gasteiger partial charge in [-0.25, -0.2) is 0 Å². The summed E-state index contributed by atoms with van der Waals surface area (Å²) in [7, 11) is 0. The Labute approximate surface area is 93.6 Å². The summed E-state index contributed by atoms with van der Waals surface area (Å²) in [6.07, 6.45) is 7.32. The fraction of sp³-hybridized carbons (Fsp3) is 0.857. The van der Waals surface area contributed by atoms with Gasteiger partial charge in [0.15, 0.2) is 0 Å². The van der Waals surface area contributed by atoms with Crippen molar-refractivity contribution in [3.8, 4) is 0 Å². The summed E-state index contributed by atoms with van der Waals surface area (Å²) in [5, 5.41) is 10.4. The van der Waals surface area contributed by atoms with Crippen molar-refractivity contribution in [2.45, 2.75) is 58.0 Å². The summed E-state index contributed by atoms with van der Waals surface area (Å²) in [6, 6.07) is 0. The monoisotopic (exact) mass is 208 g/mol. The van der Waals surface area contributed by atoms with Crippen molar-refractivity contribution in [2.24, 2.45) is 17.8 Å². The van der Waals surface area contributed by atoms with Crippen molar-refractivity contribution in [3.05, 3.63) is 12.2 Å². The summed E-state index contributed by atoms with van der Waals surface area (Å²) in [6.45, 7) is 8.27. The van der Waals surface area contributed by atoms with E-state index in [0.29, 0.717) is 11.8 Å². The van der Waals surface area contributed by atoms with Crippen molar-refractivity contribution >= 4 is 0 Å². The van der Waals surface area contributed by atoms with Gasteiger partial charge in [0, 0.05) is 0 Å². The standard InChI is InChI=1S/C14H24O/c1-10(2)12-7-6-11-5-4-8-14(3,15)13(11)9-12/h11-13,15H,1,4-9H2,2-3H3/t11-,12-,13+,14-/m0/s1. The maximum atomic E-state index is 10.4. The lowest BCUT2D eigenvalue weighted by Gasteiger charge is -2.47. The van der Waals surface area contributed by atoms with Crippen LogP contribution in [0.15, 0.2) is 12.2 Å². The molecule has 0 aromatic heterocycles. The highest BCUT2D eigenvalue weighted by molar-refractivity contribution is 5.03. The van der Waals surface area contributed by atoms with Crippen molar-refractivity contribution in [1.82, 2.24) is 0 Å². The fourth-order valence-electron chi connectivity index (χ4n) is 3.70. The topological polar surface area (TPSA) is 20.2 Å². The predicted molar refractivity (Wildman–Crippen MR) is 63.6 cm³/mol. The van der Waals surface area contributed by atoms with E-state index in [1.807, 2.05) is 6.92 Å². The molecule has 0 aromatic carbocycles. The van der Waals surface area contributed by atoms with Gasteiger partial charge < -0.3 is 5.11 Å². The highest BCUT2D eigenvalue weighted by Crippen LogP contribution is 2.48. The molecule has 2 saturated carbocycles. The Balaban J connectivity index is 2.10. The predicted octanol–water partition coefficient (Wildman–Crippen LogP) is 3.53. The van der Waals surface area contributed by atoms with E-state index >= 15 is 0 Å². The second kappa shape index (κ2) is 3.93. The van der Waals surface area contributed by atoms with E-state index in [-0.39, 0.29) is 0 Å². The average Bonchev–Trinajstić information content (AvgIpc) is 2.17. The molecule has 0 spiro atoms. The Kier molecular flexibility index (Phi) is 2.94. The van der Waals surface area contributed by atoms with Crippen LogP contribution < -0.4 is 0 Å². The van der Waals surface area contributed by atoms with Gasteiger partial charge in [0.05, 0.1) is 5.60 Å². The molecule has 15 heavy (non-hydrogen) atoms. The van der Waals surface area contributed by atoms with Gasteiger partial charge in [-0.2, -0.15) is 0 Å². The molecule has 86 valence electrons. The number of aliphatic hydroxyl groups is 1. The zero-order valence-electron chi connectivity index (χ0n) is 10.1. The van der Waals surface area contributed by atoms with Crippen molar-refractivity contribution in [2.75, 3.05) is 0 Å². The highest BCUT2D eigenvalue weighted by atomic mass is 16.3. The minimum Gasteiger partial charge on any atom is -0.390 e. The molecule has 4 atom stereocenters. The molecule has 0 aromatic rings. The minimum absolute atomic E-state index is 0.406. The Morgan fingerprint density at radius 1 is 1.33 bits per heavy atom. The molecule has 0 unspecified atom stereocenters. The molecule has 1 N–H and O–H groups in total. The number of hydrogen-bond donors (Lipinski definition) is 1. The third-order valence-electron chi connectivity index (χ3n) is 4.75. The molecule has 1 nitrogen and oxygen atoms in total. The lowest BCUT2D eigenvalue weighted by molar-refractivity contribution is -0.0805. The summed E-state index contributed by atoms with van der Waals surface area (Å²) < 4.78 is 0. The van der Waals surface area contributed by atoms with Crippen LogP contribution in [0.2, 0.25) is 0 Å². The quantitative estimate of drug-likeness (QED) is 0.654. The summed E-state index contributed by atoms with van der Waals surface area (Å²) >= 11 is 0. The molecular formula is C14H24O. The fourth-order valence-corrected chi connectivity index (χ4v) is 3.70. The van der Waals surface area contributed by atoms with E-state index in [0.717, 1.165) is 12.3 Å². The molecule has 0 aliphatic heterocycles. The van der Waals surface area contributed by atoms with Gasteiger partial charge in [-0.1, -0.05) is 18.6 Å². The van der Waals surface area contributed by atoms with Gasteiger partial charge in [-0.05, 0) is 63.7 Å². The van der Waals surface area contributed by atoms with E-state index in [4.69, 9.17) is 0 Å². The van der Waals surface area contributed by atoms with Gasteiger partial charge in [0.25, 0.3) is 0 Å². The molecule has 0 amide bonds. The largest absolute Gasteiger partial charge is 0.390 e. The van der Waals surface area contributed by atoms with Crippen LogP contribution in [-0.2, 0) is 0 Å². The van der Waals surface area contributed by atoms with Crippen molar-refractivity contribution in [1.29, 1.82) is 0 Å². The van der Waals surface area contributed by atoms with Crippen LogP contribution in [0.4, 0.5) is 0 Å². The second-order valence-corrected chi connectivity index (χ2v) is 5.97. The molecule has 0 heterocycles. The van der Waals surface area contributed by atoms with Gasteiger partial charge in [0.2, 0.25) is 0 Å². The Morgan fingerprint density at radius 2 is 2.07 bits per heavy atom. The molecule has 2 aliphatic rings. The minimum atomic E-state index is -0.406. The molecule has 0 bridgehead atoms. The third-order valence-corrected chi connectivity index (χ3v) is 4.75. The summed E-state index contributed by atoms with van der Waals surface area (Å²) in [5.74, 6) is 1.97. The first-order chi connectivity index (χ1) is 7.00. The van der Waals surface area contributed by atoms with E-state index in [2.05, 4.69) is 13.5 Å². The summed E-state index contributed by atoms with van der Waals surface area (Å²) in [4.78, 5) is 0. The first-order valence-corrected chi connectivity index (χ1v) is 6.38. The van der Waals surface area contributed by atoms with Crippen LogP contribution in [0.5, 0.6) is 0 Å². The number of hydrogen-bond acceptors (Lipinski definition) is 1. The molecule has 0 saturated heterocycles. The van der Waals surface area contributed by atoms with Crippen molar-refractivity contribution in [3.63, 3.8) is 0 Å². The molecule has 2 rings (SSSR count). The normalized spacial score (nSPS) is 45.9. The van der Waals surface area contributed by atoms with Gasteiger partial charge in [0.1, 0.15) is 0 Å².